The van der Waals surface area contributed by atoms with E-state index in [4.69, 9.17) is 9.16 Å². The number of hydrogen-bond donors (Lipinski definition) is 1. The molecule has 2 atom stereocenters. The first-order valence-corrected chi connectivity index (χ1v) is 15.2. The molecule has 0 bridgehead atoms. The third-order valence-corrected chi connectivity index (χ3v) is 6.25. The van der Waals surface area contributed by atoms with Gasteiger partial charge in [-0.05, 0) is 49.8 Å². The molecule has 0 aliphatic carbocycles. The van der Waals surface area contributed by atoms with Crippen LogP contribution in [0.4, 0.5) is 5.69 Å². The molecule has 0 saturated heterocycles. The van der Waals surface area contributed by atoms with E-state index in [2.05, 4.69) is 61.4 Å². The fourth-order valence-electron chi connectivity index (χ4n) is 4.05. The van der Waals surface area contributed by atoms with E-state index in [9.17, 15) is 4.79 Å². The molecule has 1 N–H and O–H groups in total. The number of rotatable bonds is 11. The van der Waals surface area contributed by atoms with Crippen molar-refractivity contribution in [2.24, 2.45) is 0 Å². The van der Waals surface area contributed by atoms with Gasteiger partial charge in [0.2, 0.25) is 0 Å². The quantitative estimate of drug-likeness (QED) is 0.183. The number of para-hydroxylation sites is 1. The highest BCUT2D eigenvalue weighted by molar-refractivity contribution is 6.69. The number of anilines is 1. The first kappa shape index (κ1) is 25.5. The molecule has 0 amide bonds. The third kappa shape index (κ3) is 6.92. The molecule has 0 spiro atoms. The van der Waals surface area contributed by atoms with Crippen molar-refractivity contribution in [1.29, 1.82) is 0 Å². The molecule has 0 aromatic heterocycles. The van der Waals surface area contributed by atoms with Crippen LogP contribution in [0.3, 0.4) is 0 Å². The lowest BCUT2D eigenvalue weighted by atomic mass is 9.81. The van der Waals surface area contributed by atoms with Gasteiger partial charge in [-0.1, -0.05) is 91.0 Å². The monoisotopic (exact) mass is 473 g/mol. The normalized spacial score (nSPS) is 14.4. The van der Waals surface area contributed by atoms with Crippen molar-refractivity contribution in [2.75, 3.05) is 11.9 Å². The van der Waals surface area contributed by atoms with Crippen LogP contribution in [0, 0.1) is 0 Å². The number of hydrogen-bond acceptors (Lipinski definition) is 4. The van der Waals surface area contributed by atoms with Crippen LogP contribution < -0.4 is 5.32 Å². The molecule has 5 heteroatoms. The van der Waals surface area contributed by atoms with E-state index in [0.717, 1.165) is 16.8 Å². The lowest BCUT2D eigenvalue weighted by Gasteiger charge is -2.44. The predicted octanol–water partition coefficient (Wildman–Crippen LogP) is 7.10. The van der Waals surface area contributed by atoms with E-state index < -0.39 is 13.9 Å². The van der Waals surface area contributed by atoms with Crippen molar-refractivity contribution >= 4 is 20.0 Å². The number of ether oxygens (including phenoxy) is 1. The van der Waals surface area contributed by atoms with Crippen molar-refractivity contribution in [3.8, 4) is 0 Å². The lowest BCUT2D eigenvalue weighted by Crippen LogP contribution is -2.46. The van der Waals surface area contributed by atoms with Crippen molar-refractivity contribution < 1.29 is 14.0 Å². The minimum atomic E-state index is -2.09. The van der Waals surface area contributed by atoms with E-state index in [1.54, 1.807) is 0 Å². The Hall–Kier alpha value is -3.15. The molecule has 0 fully saturated rings. The fourth-order valence-corrected chi connectivity index (χ4v) is 5.37. The standard InChI is InChI=1S/C29H35NO3Si/c1-5-32-27(31)22-15-23-29(33-34(2,3)4,25-18-11-7-12-19-25)28(24-16-9-6-10-17-24)30-26-20-13-8-14-21-26/h6-21,23,28,30H,5,22H2,1-4H3/b23-15+/t28-,29-/m0/s1. The highest BCUT2D eigenvalue weighted by atomic mass is 28.4. The highest BCUT2D eigenvalue weighted by Gasteiger charge is 2.43. The summed E-state index contributed by atoms with van der Waals surface area (Å²) < 4.78 is 12.2. The molecular formula is C29H35NO3Si. The van der Waals surface area contributed by atoms with E-state index in [-0.39, 0.29) is 18.4 Å². The molecule has 4 nitrogen and oxygen atoms in total. The fraction of sp³-hybridized carbons (Fsp3) is 0.276. The van der Waals surface area contributed by atoms with Crippen molar-refractivity contribution in [3.05, 3.63) is 114 Å². The van der Waals surface area contributed by atoms with Crippen LogP contribution in [-0.4, -0.2) is 20.9 Å². The van der Waals surface area contributed by atoms with E-state index in [1.165, 1.54) is 0 Å². The van der Waals surface area contributed by atoms with Gasteiger partial charge in [-0.3, -0.25) is 4.79 Å². The Morgan fingerprint density at radius 2 is 1.47 bits per heavy atom. The van der Waals surface area contributed by atoms with Gasteiger partial charge in [0.05, 0.1) is 19.1 Å². The number of nitrogens with one attached hydrogen (secondary N) is 1. The summed E-state index contributed by atoms with van der Waals surface area (Å²) in [6.07, 6.45) is 4.11. The molecule has 3 aromatic rings. The lowest BCUT2D eigenvalue weighted by molar-refractivity contribution is -0.142. The molecule has 0 saturated carbocycles. The Morgan fingerprint density at radius 1 is 0.912 bits per heavy atom. The Bertz CT molecular complexity index is 1050. The average Bonchev–Trinajstić information content (AvgIpc) is 2.83. The molecule has 0 heterocycles. The Balaban J connectivity index is 2.21. The van der Waals surface area contributed by atoms with Gasteiger partial charge < -0.3 is 14.5 Å². The summed E-state index contributed by atoms with van der Waals surface area (Å²) in [5.74, 6) is -0.249. The van der Waals surface area contributed by atoms with Crippen LogP contribution in [0.1, 0.15) is 30.5 Å². The van der Waals surface area contributed by atoms with Gasteiger partial charge in [0, 0.05) is 5.69 Å². The molecule has 0 aliphatic rings. The van der Waals surface area contributed by atoms with E-state index in [0.29, 0.717) is 6.61 Å². The SMILES string of the molecule is CCOC(=O)C/C=C/[C@](O[Si](C)(C)C)(c1ccccc1)[C@@H](Nc1ccccc1)c1ccccc1. The molecule has 178 valence electrons. The van der Waals surface area contributed by atoms with E-state index >= 15 is 0 Å². The Morgan fingerprint density at radius 3 is 2.03 bits per heavy atom. The zero-order valence-corrected chi connectivity index (χ0v) is 21.5. The minimum absolute atomic E-state index is 0.185. The molecule has 0 unspecified atom stereocenters. The maximum atomic E-state index is 12.2. The van der Waals surface area contributed by atoms with Crippen molar-refractivity contribution in [3.63, 3.8) is 0 Å². The van der Waals surface area contributed by atoms with Crippen LogP contribution in [0.15, 0.2) is 103 Å². The second-order valence-electron chi connectivity index (χ2n) is 9.14. The molecule has 34 heavy (non-hydrogen) atoms. The zero-order valence-electron chi connectivity index (χ0n) is 20.5. The molecule has 0 aliphatic heterocycles. The smallest absolute Gasteiger partial charge is 0.309 e. The summed E-state index contributed by atoms with van der Waals surface area (Å²) in [6.45, 7) is 8.75. The van der Waals surface area contributed by atoms with Gasteiger partial charge >= 0.3 is 5.97 Å². The van der Waals surface area contributed by atoms with Gasteiger partial charge in [-0.2, -0.15) is 0 Å². The van der Waals surface area contributed by atoms with Gasteiger partial charge in [0.1, 0.15) is 5.60 Å². The van der Waals surface area contributed by atoms with Crippen LogP contribution in [-0.2, 0) is 19.6 Å². The minimum Gasteiger partial charge on any atom is -0.466 e. The number of esters is 1. The maximum absolute atomic E-state index is 12.2. The largest absolute Gasteiger partial charge is 0.466 e. The third-order valence-electron chi connectivity index (χ3n) is 5.30. The van der Waals surface area contributed by atoms with Crippen LogP contribution >= 0.6 is 0 Å². The van der Waals surface area contributed by atoms with Crippen LogP contribution in [0.25, 0.3) is 0 Å². The van der Waals surface area contributed by atoms with Crippen molar-refractivity contribution in [2.45, 2.75) is 44.6 Å². The van der Waals surface area contributed by atoms with Gasteiger partial charge in [0.25, 0.3) is 0 Å². The summed E-state index contributed by atoms with van der Waals surface area (Å²) in [5.41, 5.74) is 2.26. The molecule has 3 rings (SSSR count). The molecule has 0 radical (unpaired) electrons. The topological polar surface area (TPSA) is 47.6 Å². The number of benzene rings is 3. The summed E-state index contributed by atoms with van der Waals surface area (Å²) >= 11 is 0. The Kier molecular flexibility index (Phi) is 8.85. The first-order chi connectivity index (χ1) is 16.3. The second kappa shape index (κ2) is 11.8. The second-order valence-corrected chi connectivity index (χ2v) is 13.6. The highest BCUT2D eigenvalue weighted by Crippen LogP contribution is 2.44. The molecule has 3 aromatic carbocycles. The average molecular weight is 474 g/mol. The number of carbonyl (C=O) groups is 1. The first-order valence-electron chi connectivity index (χ1n) is 11.8. The van der Waals surface area contributed by atoms with Gasteiger partial charge in [-0.25, -0.2) is 0 Å². The summed E-state index contributed by atoms with van der Waals surface area (Å²) in [6, 6.07) is 30.5. The predicted molar refractivity (Wildman–Crippen MR) is 142 cm³/mol. The summed E-state index contributed by atoms with van der Waals surface area (Å²) in [5, 5.41) is 3.75. The summed E-state index contributed by atoms with van der Waals surface area (Å²) in [4.78, 5) is 12.2. The Labute approximate surface area is 204 Å². The van der Waals surface area contributed by atoms with Gasteiger partial charge in [0.15, 0.2) is 8.32 Å². The summed E-state index contributed by atoms with van der Waals surface area (Å²) in [7, 11) is -2.09. The van der Waals surface area contributed by atoms with E-state index in [1.807, 2.05) is 73.7 Å². The van der Waals surface area contributed by atoms with Gasteiger partial charge in [-0.15, -0.1) is 0 Å². The molecular weight excluding hydrogens is 438 g/mol. The van der Waals surface area contributed by atoms with Crippen molar-refractivity contribution in [1.82, 2.24) is 0 Å². The van der Waals surface area contributed by atoms with Crippen LogP contribution in [0.2, 0.25) is 19.6 Å². The maximum Gasteiger partial charge on any atom is 0.309 e. The number of carbonyl (C=O) groups excluding carboxylic acids is 1. The zero-order chi connectivity index (χ0) is 24.4. The van der Waals surface area contributed by atoms with Crippen LogP contribution in [0.5, 0.6) is 0 Å².